The van der Waals surface area contributed by atoms with Gasteiger partial charge in [0.05, 0.1) is 6.33 Å². The molecule has 2 aromatic rings. The molecule has 0 spiro atoms. The van der Waals surface area contributed by atoms with E-state index in [2.05, 4.69) is 46.7 Å². The smallest absolute Gasteiger partial charge is 0.0945 e. The number of aryl methyl sites for hydroxylation is 4. The molecule has 4 nitrogen and oxygen atoms in total. The van der Waals surface area contributed by atoms with E-state index in [1.54, 1.807) is 0 Å². The lowest BCUT2D eigenvalue weighted by Gasteiger charge is -2.19. The molecule has 0 aliphatic heterocycles. The van der Waals surface area contributed by atoms with Crippen LogP contribution in [-0.4, -0.2) is 21.1 Å². The van der Waals surface area contributed by atoms with Gasteiger partial charge < -0.3 is 9.88 Å². The fraction of sp³-hybridized carbons (Fsp3) is 0.500. The van der Waals surface area contributed by atoms with Crippen LogP contribution in [0.15, 0.2) is 24.8 Å². The molecular formula is C16H24N4. The Labute approximate surface area is 121 Å². The fourth-order valence-corrected chi connectivity index (χ4v) is 2.79. The minimum atomic E-state index is 0.339. The highest BCUT2D eigenvalue weighted by Crippen LogP contribution is 2.21. The third-order valence-electron chi connectivity index (χ3n) is 3.62. The molecule has 0 radical (unpaired) electrons. The predicted octanol–water partition coefficient (Wildman–Crippen LogP) is 2.94. The van der Waals surface area contributed by atoms with E-state index in [4.69, 9.17) is 0 Å². The molecule has 0 aliphatic rings. The second-order valence-electron chi connectivity index (χ2n) is 5.41. The first-order valence-corrected chi connectivity index (χ1v) is 7.22. The van der Waals surface area contributed by atoms with E-state index in [9.17, 15) is 0 Å². The van der Waals surface area contributed by atoms with Crippen molar-refractivity contribution in [3.63, 3.8) is 0 Å². The number of nitrogens with one attached hydrogen (secondary N) is 1. The van der Waals surface area contributed by atoms with E-state index in [0.717, 1.165) is 30.9 Å². The fourth-order valence-electron chi connectivity index (χ4n) is 2.79. The normalized spacial score (nSPS) is 12.6. The first-order chi connectivity index (χ1) is 9.58. The minimum absolute atomic E-state index is 0.339. The molecule has 0 saturated heterocycles. The summed E-state index contributed by atoms with van der Waals surface area (Å²) in [4.78, 5) is 8.62. The summed E-state index contributed by atoms with van der Waals surface area (Å²) in [6.45, 7) is 10.5. The van der Waals surface area contributed by atoms with Crippen LogP contribution in [-0.2, 0) is 6.54 Å². The predicted molar refractivity (Wildman–Crippen MR) is 81.7 cm³/mol. The molecule has 0 fully saturated rings. The highest BCUT2D eigenvalue weighted by Gasteiger charge is 2.12. The van der Waals surface area contributed by atoms with Crippen LogP contribution in [0.2, 0.25) is 0 Å². The summed E-state index contributed by atoms with van der Waals surface area (Å²) in [5, 5.41) is 3.59. The Hall–Kier alpha value is -1.68. The molecule has 2 aromatic heterocycles. The van der Waals surface area contributed by atoms with E-state index in [-0.39, 0.29) is 0 Å². The number of rotatable bonds is 6. The molecule has 0 amide bonds. The number of nitrogens with zero attached hydrogens (tertiary/aromatic N) is 3. The van der Waals surface area contributed by atoms with Crippen LogP contribution in [0.25, 0.3) is 0 Å². The number of pyridine rings is 1. The highest BCUT2D eigenvalue weighted by molar-refractivity contribution is 5.33. The van der Waals surface area contributed by atoms with E-state index < -0.39 is 0 Å². The highest BCUT2D eigenvalue weighted by atomic mass is 15.0. The SMILES string of the molecule is Cc1cc(C)c(C(C)NCCCn2ccnc2)c(C)n1. The van der Waals surface area contributed by atoms with Gasteiger partial charge in [-0.05, 0) is 57.9 Å². The van der Waals surface area contributed by atoms with E-state index in [1.807, 2.05) is 25.6 Å². The zero-order chi connectivity index (χ0) is 14.5. The van der Waals surface area contributed by atoms with E-state index >= 15 is 0 Å². The summed E-state index contributed by atoms with van der Waals surface area (Å²) >= 11 is 0. The van der Waals surface area contributed by atoms with E-state index in [0.29, 0.717) is 6.04 Å². The molecule has 1 N–H and O–H groups in total. The molecule has 108 valence electrons. The van der Waals surface area contributed by atoms with Crippen LogP contribution in [0.5, 0.6) is 0 Å². The molecule has 2 rings (SSSR count). The minimum Gasteiger partial charge on any atom is -0.337 e. The molecule has 1 unspecified atom stereocenters. The summed E-state index contributed by atoms with van der Waals surface area (Å²) in [7, 11) is 0. The van der Waals surface area contributed by atoms with Crippen molar-refractivity contribution < 1.29 is 0 Å². The van der Waals surface area contributed by atoms with Crippen molar-refractivity contribution in [1.29, 1.82) is 0 Å². The Morgan fingerprint density at radius 3 is 2.75 bits per heavy atom. The Bertz CT molecular complexity index is 523. The maximum atomic E-state index is 4.57. The van der Waals surface area contributed by atoms with Crippen LogP contribution in [0.1, 0.15) is 41.9 Å². The Morgan fingerprint density at radius 2 is 2.10 bits per heavy atom. The van der Waals surface area contributed by atoms with Gasteiger partial charge in [-0.1, -0.05) is 0 Å². The lowest BCUT2D eigenvalue weighted by molar-refractivity contribution is 0.522. The quantitative estimate of drug-likeness (QED) is 0.822. The average molecular weight is 272 g/mol. The maximum Gasteiger partial charge on any atom is 0.0945 e. The first-order valence-electron chi connectivity index (χ1n) is 7.22. The largest absolute Gasteiger partial charge is 0.337 e. The van der Waals surface area contributed by atoms with Crippen molar-refractivity contribution in [3.8, 4) is 0 Å². The van der Waals surface area contributed by atoms with Gasteiger partial charge in [-0.3, -0.25) is 4.98 Å². The summed E-state index contributed by atoms with van der Waals surface area (Å²) < 4.78 is 2.11. The molecule has 2 heterocycles. The van der Waals surface area contributed by atoms with Crippen molar-refractivity contribution in [3.05, 3.63) is 47.3 Å². The third-order valence-corrected chi connectivity index (χ3v) is 3.62. The molecule has 1 atom stereocenters. The summed E-state index contributed by atoms with van der Waals surface area (Å²) in [6, 6.07) is 2.50. The summed E-state index contributed by atoms with van der Waals surface area (Å²) in [6.07, 6.45) is 6.78. The zero-order valence-electron chi connectivity index (χ0n) is 12.8. The number of hydrogen-bond acceptors (Lipinski definition) is 3. The number of hydrogen-bond donors (Lipinski definition) is 1. The van der Waals surface area contributed by atoms with Crippen molar-refractivity contribution in [2.24, 2.45) is 0 Å². The average Bonchev–Trinajstić information content (AvgIpc) is 2.86. The van der Waals surface area contributed by atoms with Crippen LogP contribution in [0, 0.1) is 20.8 Å². The molecule has 4 heteroatoms. The maximum absolute atomic E-state index is 4.57. The van der Waals surface area contributed by atoms with Gasteiger partial charge >= 0.3 is 0 Å². The molecule has 0 bridgehead atoms. The van der Waals surface area contributed by atoms with Gasteiger partial charge in [-0.25, -0.2) is 4.98 Å². The zero-order valence-corrected chi connectivity index (χ0v) is 12.8. The molecule has 0 aliphatic carbocycles. The number of aromatic nitrogens is 3. The first kappa shape index (κ1) is 14.7. The van der Waals surface area contributed by atoms with Gasteiger partial charge in [-0.2, -0.15) is 0 Å². The number of imidazole rings is 1. The topological polar surface area (TPSA) is 42.7 Å². The van der Waals surface area contributed by atoms with Crippen LogP contribution >= 0.6 is 0 Å². The Kier molecular flexibility index (Phi) is 4.90. The van der Waals surface area contributed by atoms with Crippen molar-refractivity contribution >= 4 is 0 Å². The lowest BCUT2D eigenvalue weighted by Crippen LogP contribution is -2.22. The van der Waals surface area contributed by atoms with Crippen LogP contribution in [0.4, 0.5) is 0 Å². The summed E-state index contributed by atoms with van der Waals surface area (Å²) in [5.41, 5.74) is 4.89. The van der Waals surface area contributed by atoms with Crippen molar-refractivity contribution in [1.82, 2.24) is 19.9 Å². The lowest BCUT2D eigenvalue weighted by atomic mass is 10.0. The second kappa shape index (κ2) is 6.66. The molecule has 0 aromatic carbocycles. The van der Waals surface area contributed by atoms with Gasteiger partial charge in [-0.15, -0.1) is 0 Å². The molecule has 20 heavy (non-hydrogen) atoms. The van der Waals surface area contributed by atoms with Gasteiger partial charge in [0.25, 0.3) is 0 Å². The standard InChI is InChI=1S/C16H24N4/c1-12-10-13(2)19-15(4)16(12)14(3)18-6-5-8-20-9-7-17-11-20/h7,9-11,14,18H,5-6,8H2,1-4H3. The van der Waals surface area contributed by atoms with Gasteiger partial charge in [0.15, 0.2) is 0 Å². The van der Waals surface area contributed by atoms with Crippen molar-refractivity contribution in [2.75, 3.05) is 6.54 Å². The van der Waals surface area contributed by atoms with Crippen molar-refractivity contribution in [2.45, 2.75) is 46.7 Å². The Morgan fingerprint density at radius 1 is 1.30 bits per heavy atom. The third kappa shape index (κ3) is 3.67. The Balaban J connectivity index is 1.87. The van der Waals surface area contributed by atoms with Crippen LogP contribution < -0.4 is 5.32 Å². The van der Waals surface area contributed by atoms with E-state index in [1.165, 1.54) is 11.1 Å². The monoisotopic (exact) mass is 272 g/mol. The van der Waals surface area contributed by atoms with Gasteiger partial charge in [0.1, 0.15) is 0 Å². The summed E-state index contributed by atoms with van der Waals surface area (Å²) in [5.74, 6) is 0. The van der Waals surface area contributed by atoms with Crippen LogP contribution in [0.3, 0.4) is 0 Å². The van der Waals surface area contributed by atoms with Gasteiger partial charge in [0.2, 0.25) is 0 Å². The second-order valence-corrected chi connectivity index (χ2v) is 5.41. The molecular weight excluding hydrogens is 248 g/mol. The molecule has 0 saturated carbocycles. The van der Waals surface area contributed by atoms with Gasteiger partial charge in [0, 0.05) is 36.4 Å².